The molecular weight excluding hydrogens is 436 g/mol. The van der Waals surface area contributed by atoms with Crippen molar-refractivity contribution >= 4 is 0 Å². The van der Waals surface area contributed by atoms with Gasteiger partial charge in [-0.15, -0.1) is 0 Å². The Kier molecular flexibility index (Phi) is 7.61. The smallest absolute Gasteiger partial charge is 0.196 e. The van der Waals surface area contributed by atoms with E-state index in [0.29, 0.717) is 0 Å². The van der Waals surface area contributed by atoms with Crippen molar-refractivity contribution in [1.29, 1.82) is 0 Å². The molecule has 0 fully saturated rings. The molecule has 4 aromatic rings. The van der Waals surface area contributed by atoms with Crippen molar-refractivity contribution < 1.29 is 17.6 Å². The van der Waals surface area contributed by atoms with Gasteiger partial charge in [-0.1, -0.05) is 113 Å². The number of benzene rings is 4. The summed E-state index contributed by atoms with van der Waals surface area (Å²) in [6.45, 7) is 7.46. The van der Waals surface area contributed by atoms with Crippen molar-refractivity contribution in [1.82, 2.24) is 0 Å². The van der Waals surface area contributed by atoms with E-state index in [4.69, 9.17) is 0 Å². The first-order valence-electron chi connectivity index (χ1n) is 11.0. The molecule has 0 unspecified atom stereocenters. The van der Waals surface area contributed by atoms with Crippen LogP contribution in [0, 0.1) is 27.7 Å². The van der Waals surface area contributed by atoms with Gasteiger partial charge in [-0.05, 0) is 33.8 Å². The second kappa shape index (κ2) is 10.3. The van der Waals surface area contributed by atoms with E-state index in [1.165, 1.54) is 48.5 Å². The van der Waals surface area contributed by atoms with Crippen LogP contribution in [-0.4, -0.2) is 0 Å². The van der Waals surface area contributed by atoms with Crippen molar-refractivity contribution in [2.45, 2.75) is 39.5 Å². The van der Waals surface area contributed by atoms with E-state index >= 15 is 0 Å². The maximum atomic E-state index is 14.2. The lowest BCUT2D eigenvalue weighted by Crippen LogP contribution is -2.15. The SMILES string of the molecule is Cc1ccc(C(F)(F)c2ccc(C)cc2)cc1.Cc1ccc(C(F)(F)c2cccc(C)c2)cc1. The lowest BCUT2D eigenvalue weighted by Gasteiger charge is -2.17. The van der Waals surface area contributed by atoms with E-state index in [-0.39, 0.29) is 22.3 Å². The molecule has 0 N–H and O–H groups in total. The molecule has 0 spiro atoms. The molecule has 0 bridgehead atoms. The summed E-state index contributed by atoms with van der Waals surface area (Å²) >= 11 is 0. The summed E-state index contributed by atoms with van der Waals surface area (Å²) in [5.41, 5.74) is 3.93. The maximum absolute atomic E-state index is 14.2. The summed E-state index contributed by atoms with van der Waals surface area (Å²) in [6.07, 6.45) is 0. The monoisotopic (exact) mass is 464 g/mol. The Morgan fingerprint density at radius 2 is 0.706 bits per heavy atom. The highest BCUT2D eigenvalue weighted by atomic mass is 19.3. The molecule has 0 amide bonds. The van der Waals surface area contributed by atoms with Crippen LogP contribution in [0.1, 0.15) is 44.5 Å². The normalized spacial score (nSPS) is 11.5. The summed E-state index contributed by atoms with van der Waals surface area (Å²) in [5.74, 6) is -5.86. The summed E-state index contributed by atoms with van der Waals surface area (Å²) < 4.78 is 56.7. The predicted octanol–water partition coefficient (Wildman–Crippen LogP) is 8.89. The van der Waals surface area contributed by atoms with E-state index in [1.807, 2.05) is 33.8 Å². The Bertz CT molecular complexity index is 1160. The Hall–Kier alpha value is -3.40. The quantitative estimate of drug-likeness (QED) is 0.265. The third-order valence-electron chi connectivity index (χ3n) is 5.62. The van der Waals surface area contributed by atoms with Gasteiger partial charge in [0.2, 0.25) is 0 Å². The lowest BCUT2D eigenvalue weighted by molar-refractivity contribution is 0.0423. The molecule has 0 nitrogen and oxygen atoms in total. The number of hydrogen-bond donors (Lipinski definition) is 0. The van der Waals surface area contributed by atoms with E-state index in [2.05, 4.69) is 0 Å². The van der Waals surface area contributed by atoms with Crippen LogP contribution in [0.25, 0.3) is 0 Å². The Morgan fingerprint density at radius 3 is 1.03 bits per heavy atom. The minimum absolute atomic E-state index is 0.0342. The van der Waals surface area contributed by atoms with E-state index in [9.17, 15) is 17.6 Å². The van der Waals surface area contributed by atoms with Gasteiger partial charge in [-0.2, -0.15) is 17.6 Å². The van der Waals surface area contributed by atoms with E-state index in [0.717, 1.165) is 22.3 Å². The number of rotatable bonds is 4. The Labute approximate surface area is 198 Å². The van der Waals surface area contributed by atoms with Gasteiger partial charge in [0.25, 0.3) is 11.8 Å². The zero-order chi connectivity index (χ0) is 24.9. The van der Waals surface area contributed by atoms with Crippen molar-refractivity contribution in [2.24, 2.45) is 0 Å². The molecule has 4 aromatic carbocycles. The second-order valence-corrected chi connectivity index (χ2v) is 8.62. The average Bonchev–Trinajstić information content (AvgIpc) is 2.80. The largest absolute Gasteiger partial charge is 0.298 e. The maximum Gasteiger partial charge on any atom is 0.298 e. The summed E-state index contributed by atoms with van der Waals surface area (Å²) in [4.78, 5) is 0. The predicted molar refractivity (Wildman–Crippen MR) is 131 cm³/mol. The highest BCUT2D eigenvalue weighted by Crippen LogP contribution is 2.36. The number of aryl methyl sites for hydroxylation is 4. The molecule has 0 aromatic heterocycles. The molecule has 0 aliphatic carbocycles. The van der Waals surface area contributed by atoms with Crippen LogP contribution in [-0.2, 0) is 11.8 Å². The standard InChI is InChI=1S/2C15H14F2/c1-11-3-7-13(8-4-11)15(16,17)14-9-5-12(2)6-10-14;1-11-6-8-13(9-7-11)15(16,17)14-5-3-4-12(2)10-14/h2*3-10H,1-2H3. The summed E-state index contributed by atoms with van der Waals surface area (Å²) in [6, 6.07) is 25.6. The van der Waals surface area contributed by atoms with E-state index in [1.54, 1.807) is 42.5 Å². The minimum Gasteiger partial charge on any atom is -0.196 e. The molecule has 176 valence electrons. The third-order valence-corrected chi connectivity index (χ3v) is 5.62. The van der Waals surface area contributed by atoms with Crippen molar-refractivity contribution in [3.8, 4) is 0 Å². The zero-order valence-electron chi connectivity index (χ0n) is 19.7. The van der Waals surface area contributed by atoms with Crippen LogP contribution >= 0.6 is 0 Å². The van der Waals surface area contributed by atoms with Crippen molar-refractivity contribution in [3.63, 3.8) is 0 Å². The fourth-order valence-electron chi connectivity index (χ4n) is 3.46. The molecule has 0 saturated heterocycles. The summed E-state index contributed by atoms with van der Waals surface area (Å²) in [7, 11) is 0. The summed E-state index contributed by atoms with van der Waals surface area (Å²) in [5, 5.41) is 0. The number of alkyl halides is 4. The van der Waals surface area contributed by atoms with Gasteiger partial charge in [-0.3, -0.25) is 0 Å². The highest BCUT2D eigenvalue weighted by Gasteiger charge is 2.34. The van der Waals surface area contributed by atoms with Gasteiger partial charge in [0, 0.05) is 22.3 Å². The van der Waals surface area contributed by atoms with Gasteiger partial charge in [0.15, 0.2) is 0 Å². The Balaban J connectivity index is 0.000000191. The number of halogens is 4. The first kappa shape index (κ1) is 25.2. The van der Waals surface area contributed by atoms with Crippen LogP contribution < -0.4 is 0 Å². The average molecular weight is 465 g/mol. The van der Waals surface area contributed by atoms with Crippen LogP contribution in [0.3, 0.4) is 0 Å². The van der Waals surface area contributed by atoms with Gasteiger partial charge < -0.3 is 0 Å². The molecular formula is C30H28F4. The van der Waals surface area contributed by atoms with Crippen LogP contribution in [0.2, 0.25) is 0 Å². The van der Waals surface area contributed by atoms with Gasteiger partial charge >= 0.3 is 0 Å². The third kappa shape index (κ3) is 5.93. The molecule has 0 aliphatic rings. The van der Waals surface area contributed by atoms with Crippen molar-refractivity contribution in [2.75, 3.05) is 0 Å². The molecule has 34 heavy (non-hydrogen) atoms. The highest BCUT2D eigenvalue weighted by molar-refractivity contribution is 5.37. The second-order valence-electron chi connectivity index (χ2n) is 8.62. The number of hydrogen-bond acceptors (Lipinski definition) is 0. The molecule has 0 aliphatic heterocycles. The molecule has 0 saturated carbocycles. The van der Waals surface area contributed by atoms with E-state index < -0.39 is 11.8 Å². The molecule has 4 heteroatoms. The van der Waals surface area contributed by atoms with Crippen molar-refractivity contribution in [3.05, 3.63) is 142 Å². The topological polar surface area (TPSA) is 0 Å². The lowest BCUT2D eigenvalue weighted by atomic mass is 9.98. The van der Waals surface area contributed by atoms with Gasteiger partial charge in [0.1, 0.15) is 0 Å². The fraction of sp³-hybridized carbons (Fsp3) is 0.200. The fourth-order valence-corrected chi connectivity index (χ4v) is 3.46. The molecule has 0 radical (unpaired) electrons. The van der Waals surface area contributed by atoms with Crippen LogP contribution in [0.5, 0.6) is 0 Å². The first-order chi connectivity index (χ1) is 16.0. The zero-order valence-corrected chi connectivity index (χ0v) is 19.7. The Morgan fingerprint density at radius 1 is 0.382 bits per heavy atom. The molecule has 0 heterocycles. The van der Waals surface area contributed by atoms with Gasteiger partial charge in [-0.25, -0.2) is 0 Å². The molecule has 4 rings (SSSR count). The minimum atomic E-state index is -2.93. The van der Waals surface area contributed by atoms with Crippen LogP contribution in [0.15, 0.2) is 97.1 Å². The molecule has 0 atom stereocenters. The first-order valence-corrected chi connectivity index (χ1v) is 11.0. The van der Waals surface area contributed by atoms with Crippen LogP contribution in [0.4, 0.5) is 17.6 Å². The van der Waals surface area contributed by atoms with Gasteiger partial charge in [0.05, 0.1) is 0 Å².